The number of rotatable bonds is 6. The maximum Gasteiger partial charge on any atom is 0.259 e. The number of nitrogens with one attached hydrogen (secondary N) is 1. The van der Waals surface area contributed by atoms with Gasteiger partial charge in [0, 0.05) is 31.1 Å². The molecule has 2 aromatic carbocycles. The summed E-state index contributed by atoms with van der Waals surface area (Å²) < 4.78 is 7.49. The van der Waals surface area contributed by atoms with Gasteiger partial charge in [0.15, 0.2) is 0 Å². The average molecular weight is 431 g/mol. The predicted octanol–water partition coefficient (Wildman–Crippen LogP) is 4.00. The smallest absolute Gasteiger partial charge is 0.259 e. The Morgan fingerprint density at radius 3 is 2.79 bits per heavy atom. The molecule has 1 aliphatic rings. The minimum atomic E-state index is -0.256. The minimum Gasteiger partial charge on any atom is -0.379 e. The summed E-state index contributed by atoms with van der Waals surface area (Å²) in [5.41, 5.74) is 2.30. The molecule has 4 rings (SSSR count). The molecule has 0 unspecified atom stereocenters. The third-order valence-electron chi connectivity index (χ3n) is 5.04. The predicted molar refractivity (Wildman–Crippen MR) is 118 cm³/mol. The normalized spacial score (nSPS) is 15.0. The Morgan fingerprint density at radius 2 is 2.00 bits per heavy atom. The summed E-state index contributed by atoms with van der Waals surface area (Å²) in [6.45, 7) is 4.97. The third-order valence-corrected chi connectivity index (χ3v) is 6.10. The number of imidazole rings is 1. The van der Waals surface area contributed by atoms with E-state index in [2.05, 4.69) is 19.8 Å². The first-order valence-corrected chi connectivity index (χ1v) is 11.2. The van der Waals surface area contributed by atoms with E-state index in [0.717, 1.165) is 55.3 Å². The van der Waals surface area contributed by atoms with Crippen LogP contribution in [0.25, 0.3) is 11.0 Å². The maximum absolute atomic E-state index is 13.0. The number of hydrogen-bond acceptors (Lipinski definition) is 5. The van der Waals surface area contributed by atoms with Crippen LogP contribution in [0.3, 0.4) is 0 Å². The Morgan fingerprint density at radius 1 is 1.21 bits per heavy atom. The van der Waals surface area contributed by atoms with Gasteiger partial charge in [-0.15, -0.1) is 11.8 Å². The standard InChI is InChI=1S/C21H23ClN4O2S/c1-29-15-6-7-17(22)16(14-15)20(27)24-21-23-18-4-2-3-5-19(18)26(21)9-8-25-10-12-28-13-11-25/h2-7,14H,8-13H2,1H3,(H,23,24,27). The fraction of sp³-hybridized carbons (Fsp3) is 0.333. The molecule has 0 spiro atoms. The molecule has 6 nitrogen and oxygen atoms in total. The molecule has 0 radical (unpaired) electrons. The van der Waals surface area contributed by atoms with Crippen molar-refractivity contribution in [2.75, 3.05) is 44.4 Å². The number of nitrogens with zero attached hydrogens (tertiary/aromatic N) is 3. The van der Waals surface area contributed by atoms with Gasteiger partial charge in [-0.25, -0.2) is 4.98 Å². The Balaban J connectivity index is 1.60. The van der Waals surface area contributed by atoms with Crippen LogP contribution in [0.1, 0.15) is 10.4 Å². The van der Waals surface area contributed by atoms with Gasteiger partial charge in [0.25, 0.3) is 5.91 Å². The Kier molecular flexibility index (Phi) is 6.40. The summed E-state index contributed by atoms with van der Waals surface area (Å²) in [4.78, 5) is 21.0. The minimum absolute atomic E-state index is 0.256. The Hall–Kier alpha value is -2.06. The second kappa shape index (κ2) is 9.17. The summed E-state index contributed by atoms with van der Waals surface area (Å²) in [5.74, 6) is 0.281. The van der Waals surface area contributed by atoms with E-state index in [1.165, 1.54) is 0 Å². The summed E-state index contributed by atoms with van der Waals surface area (Å²) in [5, 5.41) is 3.40. The van der Waals surface area contributed by atoms with Crippen LogP contribution in [-0.4, -0.2) is 59.5 Å². The number of fused-ring (bicyclic) bond motifs is 1. The first kappa shape index (κ1) is 20.2. The number of amides is 1. The molecule has 1 amide bonds. The topological polar surface area (TPSA) is 59.4 Å². The van der Waals surface area contributed by atoms with E-state index < -0.39 is 0 Å². The molecule has 1 saturated heterocycles. The number of ether oxygens (including phenoxy) is 1. The number of carbonyl (C=O) groups is 1. The number of benzene rings is 2. The highest BCUT2D eigenvalue weighted by atomic mass is 35.5. The van der Waals surface area contributed by atoms with Crippen molar-refractivity contribution in [2.24, 2.45) is 0 Å². The zero-order valence-electron chi connectivity index (χ0n) is 16.2. The van der Waals surface area contributed by atoms with Crippen molar-refractivity contribution in [3.8, 4) is 0 Å². The highest BCUT2D eigenvalue weighted by molar-refractivity contribution is 7.98. The van der Waals surface area contributed by atoms with Gasteiger partial charge >= 0.3 is 0 Å². The number of halogens is 1. The molecule has 1 aliphatic heterocycles. The number of hydrogen-bond donors (Lipinski definition) is 1. The number of aromatic nitrogens is 2. The SMILES string of the molecule is CSc1ccc(Cl)c(C(=O)Nc2nc3ccccc3n2CCN2CCOCC2)c1. The van der Waals surface area contributed by atoms with E-state index in [4.69, 9.17) is 16.3 Å². The third kappa shape index (κ3) is 4.59. The van der Waals surface area contributed by atoms with Crippen LogP contribution < -0.4 is 5.32 Å². The van der Waals surface area contributed by atoms with Crippen LogP contribution in [0, 0.1) is 0 Å². The largest absolute Gasteiger partial charge is 0.379 e. The van der Waals surface area contributed by atoms with Crippen molar-refractivity contribution >= 4 is 46.3 Å². The van der Waals surface area contributed by atoms with Crippen LogP contribution >= 0.6 is 23.4 Å². The van der Waals surface area contributed by atoms with Crippen LogP contribution in [-0.2, 0) is 11.3 Å². The van der Waals surface area contributed by atoms with Gasteiger partial charge in [-0.3, -0.25) is 15.0 Å². The molecule has 8 heteroatoms. The summed E-state index contributed by atoms with van der Waals surface area (Å²) in [6, 6.07) is 13.4. The van der Waals surface area contributed by atoms with Crippen molar-refractivity contribution < 1.29 is 9.53 Å². The number of carbonyl (C=O) groups excluding carboxylic acids is 1. The highest BCUT2D eigenvalue weighted by Gasteiger charge is 2.18. The van der Waals surface area contributed by atoms with Crippen LogP contribution in [0.4, 0.5) is 5.95 Å². The quantitative estimate of drug-likeness (QED) is 0.599. The van der Waals surface area contributed by atoms with Crippen molar-refractivity contribution in [1.29, 1.82) is 0 Å². The van der Waals surface area contributed by atoms with Gasteiger partial charge in [0.1, 0.15) is 0 Å². The molecular weight excluding hydrogens is 408 g/mol. The molecular formula is C21H23ClN4O2S. The molecule has 0 bridgehead atoms. The van der Waals surface area contributed by atoms with Gasteiger partial charge in [-0.05, 0) is 36.6 Å². The van der Waals surface area contributed by atoms with Crippen LogP contribution in [0.15, 0.2) is 47.4 Å². The molecule has 3 aromatic rings. The lowest BCUT2D eigenvalue weighted by Crippen LogP contribution is -2.38. The first-order valence-electron chi connectivity index (χ1n) is 9.56. The van der Waals surface area contributed by atoms with E-state index in [9.17, 15) is 4.79 Å². The average Bonchev–Trinajstić information content (AvgIpc) is 3.10. The van der Waals surface area contributed by atoms with E-state index in [1.54, 1.807) is 17.8 Å². The molecule has 29 heavy (non-hydrogen) atoms. The Bertz CT molecular complexity index is 1020. The highest BCUT2D eigenvalue weighted by Crippen LogP contribution is 2.25. The number of para-hydroxylation sites is 2. The molecule has 152 valence electrons. The van der Waals surface area contributed by atoms with Crippen molar-refractivity contribution in [3.63, 3.8) is 0 Å². The monoisotopic (exact) mass is 430 g/mol. The molecule has 0 aliphatic carbocycles. The lowest BCUT2D eigenvalue weighted by Gasteiger charge is -2.26. The van der Waals surface area contributed by atoms with Gasteiger partial charge < -0.3 is 9.30 Å². The molecule has 0 atom stereocenters. The zero-order chi connectivity index (χ0) is 20.2. The summed E-state index contributed by atoms with van der Waals surface area (Å²) in [6.07, 6.45) is 1.97. The zero-order valence-corrected chi connectivity index (χ0v) is 17.8. The molecule has 2 heterocycles. The van der Waals surface area contributed by atoms with E-state index in [0.29, 0.717) is 16.5 Å². The molecule has 0 saturated carbocycles. The molecule has 1 N–H and O–H groups in total. The fourth-order valence-electron chi connectivity index (χ4n) is 3.44. The molecule has 1 fully saturated rings. The lowest BCUT2D eigenvalue weighted by atomic mass is 10.2. The van der Waals surface area contributed by atoms with Gasteiger partial charge in [0.05, 0.1) is 34.8 Å². The van der Waals surface area contributed by atoms with Crippen LogP contribution in [0.2, 0.25) is 5.02 Å². The lowest BCUT2D eigenvalue weighted by molar-refractivity contribution is 0.0366. The summed E-state index contributed by atoms with van der Waals surface area (Å²) >= 11 is 7.85. The summed E-state index contributed by atoms with van der Waals surface area (Å²) in [7, 11) is 0. The fourth-order valence-corrected chi connectivity index (χ4v) is 4.08. The first-order chi connectivity index (χ1) is 14.2. The van der Waals surface area contributed by atoms with E-state index >= 15 is 0 Å². The molecule has 1 aromatic heterocycles. The van der Waals surface area contributed by atoms with E-state index in [1.807, 2.05) is 42.7 Å². The maximum atomic E-state index is 13.0. The van der Waals surface area contributed by atoms with Crippen molar-refractivity contribution in [2.45, 2.75) is 11.4 Å². The number of morpholine rings is 1. The van der Waals surface area contributed by atoms with Crippen molar-refractivity contribution in [1.82, 2.24) is 14.5 Å². The second-order valence-electron chi connectivity index (χ2n) is 6.83. The van der Waals surface area contributed by atoms with Gasteiger partial charge in [0.2, 0.25) is 5.95 Å². The second-order valence-corrected chi connectivity index (χ2v) is 8.12. The number of thioether (sulfide) groups is 1. The van der Waals surface area contributed by atoms with Gasteiger partial charge in [-0.1, -0.05) is 23.7 Å². The van der Waals surface area contributed by atoms with Gasteiger partial charge in [-0.2, -0.15) is 0 Å². The Labute approximate surface area is 179 Å². The van der Waals surface area contributed by atoms with E-state index in [-0.39, 0.29) is 5.91 Å². The van der Waals surface area contributed by atoms with Crippen molar-refractivity contribution in [3.05, 3.63) is 53.1 Å². The van der Waals surface area contributed by atoms with Crippen LogP contribution in [0.5, 0.6) is 0 Å². The number of anilines is 1.